The fraction of sp³-hybridized carbons (Fsp3) is 0.300. The molecule has 0 amide bonds. The number of hydrogen-bond acceptors (Lipinski definition) is 3. The van der Waals surface area contributed by atoms with Crippen molar-refractivity contribution in [2.45, 2.75) is 18.2 Å². The SMILES string of the molecule is Cc1cc(O)ccc1SCCC#N. The number of aromatic hydroxyl groups is 1. The van der Waals surface area contributed by atoms with Crippen molar-refractivity contribution in [1.29, 1.82) is 5.26 Å². The molecule has 2 nitrogen and oxygen atoms in total. The van der Waals surface area contributed by atoms with E-state index >= 15 is 0 Å². The number of phenols is 1. The predicted molar refractivity (Wildman–Crippen MR) is 53.8 cm³/mol. The number of benzene rings is 1. The lowest BCUT2D eigenvalue weighted by atomic mass is 10.2. The number of rotatable bonds is 3. The summed E-state index contributed by atoms with van der Waals surface area (Å²) < 4.78 is 0. The largest absolute Gasteiger partial charge is 0.508 e. The number of phenolic OH excluding ortho intramolecular Hbond substituents is 1. The average molecular weight is 193 g/mol. The molecule has 1 aromatic rings. The van der Waals surface area contributed by atoms with Crippen LogP contribution in [-0.4, -0.2) is 10.9 Å². The first-order valence-corrected chi connectivity index (χ1v) is 5.02. The molecular weight excluding hydrogens is 182 g/mol. The highest BCUT2D eigenvalue weighted by Crippen LogP contribution is 2.25. The van der Waals surface area contributed by atoms with Gasteiger partial charge >= 0.3 is 0 Å². The molecule has 0 spiro atoms. The predicted octanol–water partition coefficient (Wildman–Crippen LogP) is 2.71. The van der Waals surface area contributed by atoms with E-state index in [2.05, 4.69) is 6.07 Å². The molecule has 0 bridgehead atoms. The first kappa shape index (κ1) is 9.94. The van der Waals surface area contributed by atoms with Crippen molar-refractivity contribution in [3.05, 3.63) is 23.8 Å². The Morgan fingerprint density at radius 2 is 2.31 bits per heavy atom. The third kappa shape index (κ3) is 3.00. The normalized spacial score (nSPS) is 9.54. The number of nitrogens with zero attached hydrogens (tertiary/aromatic N) is 1. The lowest BCUT2D eigenvalue weighted by molar-refractivity contribution is 0.474. The molecule has 0 aliphatic heterocycles. The van der Waals surface area contributed by atoms with E-state index in [-0.39, 0.29) is 0 Å². The topological polar surface area (TPSA) is 44.0 Å². The highest BCUT2D eigenvalue weighted by atomic mass is 32.2. The summed E-state index contributed by atoms with van der Waals surface area (Å²) in [6.45, 7) is 1.95. The Morgan fingerprint density at radius 1 is 1.54 bits per heavy atom. The second kappa shape index (κ2) is 4.78. The van der Waals surface area contributed by atoms with Crippen LogP contribution in [0.25, 0.3) is 0 Å². The van der Waals surface area contributed by atoms with E-state index in [0.29, 0.717) is 12.2 Å². The Morgan fingerprint density at radius 3 is 2.92 bits per heavy atom. The summed E-state index contributed by atoms with van der Waals surface area (Å²) in [7, 11) is 0. The van der Waals surface area contributed by atoms with Crippen molar-refractivity contribution in [2.75, 3.05) is 5.75 Å². The average Bonchev–Trinajstić information content (AvgIpc) is 2.09. The van der Waals surface area contributed by atoms with Crippen LogP contribution in [0.5, 0.6) is 5.75 Å². The molecule has 1 N–H and O–H groups in total. The lowest BCUT2D eigenvalue weighted by Crippen LogP contribution is -1.81. The van der Waals surface area contributed by atoms with Crippen molar-refractivity contribution in [2.24, 2.45) is 0 Å². The molecule has 0 atom stereocenters. The molecule has 0 radical (unpaired) electrons. The van der Waals surface area contributed by atoms with Gasteiger partial charge in [-0.05, 0) is 30.7 Å². The van der Waals surface area contributed by atoms with Crippen LogP contribution in [-0.2, 0) is 0 Å². The van der Waals surface area contributed by atoms with Crippen LogP contribution in [0.2, 0.25) is 0 Å². The Bertz CT molecular complexity index is 330. The van der Waals surface area contributed by atoms with Gasteiger partial charge in [-0.15, -0.1) is 11.8 Å². The van der Waals surface area contributed by atoms with E-state index in [9.17, 15) is 0 Å². The van der Waals surface area contributed by atoms with E-state index in [4.69, 9.17) is 10.4 Å². The smallest absolute Gasteiger partial charge is 0.115 e. The molecule has 1 aromatic carbocycles. The van der Waals surface area contributed by atoms with Crippen molar-refractivity contribution < 1.29 is 5.11 Å². The van der Waals surface area contributed by atoms with Crippen molar-refractivity contribution >= 4 is 11.8 Å². The number of aryl methyl sites for hydroxylation is 1. The van der Waals surface area contributed by atoms with Crippen LogP contribution < -0.4 is 0 Å². The summed E-state index contributed by atoms with van der Waals surface area (Å²) in [6.07, 6.45) is 0.560. The molecule has 0 aliphatic rings. The summed E-state index contributed by atoms with van der Waals surface area (Å²) in [5.41, 5.74) is 1.06. The first-order chi connectivity index (χ1) is 6.24. The van der Waals surface area contributed by atoms with Gasteiger partial charge in [-0.1, -0.05) is 0 Å². The van der Waals surface area contributed by atoms with E-state index in [1.165, 1.54) is 0 Å². The van der Waals surface area contributed by atoms with Gasteiger partial charge in [0.15, 0.2) is 0 Å². The van der Waals surface area contributed by atoms with Crippen LogP contribution in [0.4, 0.5) is 0 Å². The van der Waals surface area contributed by atoms with Crippen LogP contribution in [0.3, 0.4) is 0 Å². The zero-order valence-electron chi connectivity index (χ0n) is 7.45. The van der Waals surface area contributed by atoms with Crippen LogP contribution in [0.15, 0.2) is 23.1 Å². The number of hydrogen-bond donors (Lipinski definition) is 1. The second-order valence-corrected chi connectivity index (χ2v) is 3.84. The highest BCUT2D eigenvalue weighted by molar-refractivity contribution is 7.99. The fourth-order valence-electron chi connectivity index (χ4n) is 1.00. The molecule has 0 fully saturated rings. The van der Waals surface area contributed by atoms with Gasteiger partial charge in [0.25, 0.3) is 0 Å². The summed E-state index contributed by atoms with van der Waals surface area (Å²) in [5, 5.41) is 17.5. The van der Waals surface area contributed by atoms with Crippen LogP contribution in [0.1, 0.15) is 12.0 Å². The minimum atomic E-state index is 0.294. The quantitative estimate of drug-likeness (QED) is 0.593. The maximum Gasteiger partial charge on any atom is 0.115 e. The van der Waals surface area contributed by atoms with Crippen molar-refractivity contribution in [1.82, 2.24) is 0 Å². The van der Waals surface area contributed by atoms with Crippen LogP contribution >= 0.6 is 11.8 Å². The number of thioether (sulfide) groups is 1. The Balaban J connectivity index is 2.62. The summed E-state index contributed by atoms with van der Waals surface area (Å²) in [6, 6.07) is 7.38. The third-order valence-corrected chi connectivity index (χ3v) is 2.81. The maximum absolute atomic E-state index is 9.15. The molecule has 0 heterocycles. The zero-order valence-corrected chi connectivity index (χ0v) is 8.27. The Kier molecular flexibility index (Phi) is 3.66. The van der Waals surface area contributed by atoms with Gasteiger partial charge in [0, 0.05) is 17.1 Å². The fourth-order valence-corrected chi connectivity index (χ4v) is 1.87. The molecule has 1 rings (SSSR count). The molecule has 0 unspecified atom stereocenters. The molecular formula is C10H11NOS. The summed E-state index contributed by atoms with van der Waals surface area (Å²) in [5.74, 6) is 1.10. The minimum Gasteiger partial charge on any atom is -0.508 e. The molecule has 3 heteroatoms. The standard InChI is InChI=1S/C10H11NOS/c1-8-7-9(12)3-4-10(8)13-6-2-5-11/h3-4,7,12H,2,6H2,1H3. The molecule has 0 aromatic heterocycles. The van der Waals surface area contributed by atoms with Gasteiger partial charge in [-0.2, -0.15) is 5.26 Å². The molecule has 0 saturated carbocycles. The van der Waals surface area contributed by atoms with Crippen LogP contribution in [0, 0.1) is 18.3 Å². The maximum atomic E-state index is 9.15. The second-order valence-electron chi connectivity index (χ2n) is 2.71. The minimum absolute atomic E-state index is 0.294. The van der Waals surface area contributed by atoms with Gasteiger partial charge in [0.05, 0.1) is 6.07 Å². The highest BCUT2D eigenvalue weighted by Gasteiger charge is 1.99. The van der Waals surface area contributed by atoms with Gasteiger partial charge in [0.2, 0.25) is 0 Å². The summed E-state index contributed by atoms with van der Waals surface area (Å²) in [4.78, 5) is 1.13. The van der Waals surface area contributed by atoms with E-state index in [1.54, 1.807) is 23.9 Å². The zero-order chi connectivity index (χ0) is 9.68. The lowest BCUT2D eigenvalue weighted by Gasteiger charge is -2.03. The van der Waals surface area contributed by atoms with Crippen molar-refractivity contribution in [3.8, 4) is 11.8 Å². The number of nitriles is 1. The van der Waals surface area contributed by atoms with Gasteiger partial charge in [-0.25, -0.2) is 0 Å². The third-order valence-electron chi connectivity index (χ3n) is 1.63. The molecule has 0 aliphatic carbocycles. The van der Waals surface area contributed by atoms with Gasteiger partial charge < -0.3 is 5.11 Å². The monoisotopic (exact) mass is 193 g/mol. The summed E-state index contributed by atoms with van der Waals surface area (Å²) >= 11 is 1.65. The van der Waals surface area contributed by atoms with Gasteiger partial charge in [-0.3, -0.25) is 0 Å². The molecule has 0 saturated heterocycles. The Labute approximate surface area is 82.2 Å². The molecule has 68 valence electrons. The van der Waals surface area contributed by atoms with E-state index in [1.807, 2.05) is 13.0 Å². The Hall–Kier alpha value is -1.14. The first-order valence-electron chi connectivity index (χ1n) is 4.03. The van der Waals surface area contributed by atoms with Crippen molar-refractivity contribution in [3.63, 3.8) is 0 Å². The molecule has 13 heavy (non-hydrogen) atoms. The van der Waals surface area contributed by atoms with E-state index in [0.717, 1.165) is 16.2 Å². The van der Waals surface area contributed by atoms with Gasteiger partial charge in [0.1, 0.15) is 5.75 Å². The van der Waals surface area contributed by atoms with E-state index < -0.39 is 0 Å².